The van der Waals surface area contributed by atoms with Gasteiger partial charge in [-0.05, 0) is 37.6 Å². The first kappa shape index (κ1) is 13.6. The minimum absolute atomic E-state index is 0.0297. The van der Waals surface area contributed by atoms with Gasteiger partial charge in [0.25, 0.3) is 0 Å². The molecule has 1 aromatic heterocycles. The highest BCUT2D eigenvalue weighted by Crippen LogP contribution is 2.16. The number of nitrogens with zero attached hydrogens (tertiary/aromatic N) is 1. The third kappa shape index (κ3) is 3.19. The summed E-state index contributed by atoms with van der Waals surface area (Å²) < 4.78 is 0. The Kier molecular flexibility index (Phi) is 3.83. The predicted octanol–water partition coefficient (Wildman–Crippen LogP) is 0.370. The van der Waals surface area contributed by atoms with Gasteiger partial charge in [0, 0.05) is 11.1 Å². The molecule has 110 valence electrons. The molecule has 0 aliphatic carbocycles. The maximum atomic E-state index is 11.8. The third-order valence-electron chi connectivity index (χ3n) is 3.53. The molecule has 1 atom stereocenters. The summed E-state index contributed by atoms with van der Waals surface area (Å²) in [7, 11) is 0. The van der Waals surface area contributed by atoms with E-state index in [-0.39, 0.29) is 24.4 Å². The average Bonchev–Trinajstić information content (AvgIpc) is 3.15. The molecule has 21 heavy (non-hydrogen) atoms. The molecule has 0 saturated carbocycles. The van der Waals surface area contributed by atoms with Crippen LogP contribution in [-0.4, -0.2) is 41.1 Å². The van der Waals surface area contributed by atoms with Crippen molar-refractivity contribution in [3.8, 4) is 0 Å². The summed E-state index contributed by atoms with van der Waals surface area (Å²) in [6.45, 7) is 0.826. The van der Waals surface area contributed by atoms with Crippen molar-refractivity contribution in [3.63, 3.8) is 0 Å². The van der Waals surface area contributed by atoms with Crippen LogP contribution in [0, 0.1) is 0 Å². The molecule has 2 amide bonds. The third-order valence-corrected chi connectivity index (χ3v) is 3.53. The molecule has 3 rings (SSSR count). The normalized spacial score (nSPS) is 17.8. The SMILES string of the molecule is O=C(CNC(=O)C1CCCN1)Nc1ccc2cn[nH]c2c1. The zero-order valence-corrected chi connectivity index (χ0v) is 11.5. The second-order valence-electron chi connectivity index (χ2n) is 5.09. The molecule has 1 saturated heterocycles. The highest BCUT2D eigenvalue weighted by atomic mass is 16.2. The maximum absolute atomic E-state index is 11.8. The van der Waals surface area contributed by atoms with Gasteiger partial charge >= 0.3 is 0 Å². The predicted molar refractivity (Wildman–Crippen MR) is 78.8 cm³/mol. The van der Waals surface area contributed by atoms with Gasteiger partial charge in [0.05, 0.1) is 24.3 Å². The Labute approximate surface area is 121 Å². The summed E-state index contributed by atoms with van der Waals surface area (Å²) in [4.78, 5) is 23.6. The number of carbonyl (C=O) groups is 2. The lowest BCUT2D eigenvalue weighted by atomic mass is 10.2. The molecule has 2 heterocycles. The Hall–Kier alpha value is -2.41. The van der Waals surface area contributed by atoms with E-state index in [9.17, 15) is 9.59 Å². The van der Waals surface area contributed by atoms with Gasteiger partial charge in [-0.25, -0.2) is 0 Å². The molecular formula is C14H17N5O2. The number of aromatic nitrogens is 2. The highest BCUT2D eigenvalue weighted by molar-refractivity contribution is 5.96. The molecule has 7 nitrogen and oxygen atoms in total. The number of H-pyrrole nitrogens is 1. The Morgan fingerprint density at radius 3 is 3.10 bits per heavy atom. The first-order valence-electron chi connectivity index (χ1n) is 6.96. The van der Waals surface area contributed by atoms with Gasteiger partial charge in [0.2, 0.25) is 11.8 Å². The molecule has 1 aliphatic heterocycles. The number of benzene rings is 1. The molecular weight excluding hydrogens is 270 g/mol. The van der Waals surface area contributed by atoms with Gasteiger partial charge in [-0.1, -0.05) is 0 Å². The first-order valence-corrected chi connectivity index (χ1v) is 6.96. The van der Waals surface area contributed by atoms with Crippen molar-refractivity contribution in [2.24, 2.45) is 0 Å². The van der Waals surface area contributed by atoms with Gasteiger partial charge in [-0.2, -0.15) is 5.10 Å². The van der Waals surface area contributed by atoms with Gasteiger partial charge in [-0.15, -0.1) is 0 Å². The van der Waals surface area contributed by atoms with E-state index in [2.05, 4.69) is 26.1 Å². The fourth-order valence-corrected chi connectivity index (χ4v) is 2.42. The second-order valence-corrected chi connectivity index (χ2v) is 5.09. The molecule has 0 bridgehead atoms. The van der Waals surface area contributed by atoms with Crippen LogP contribution in [0.3, 0.4) is 0 Å². The minimum Gasteiger partial charge on any atom is -0.346 e. The van der Waals surface area contributed by atoms with E-state index >= 15 is 0 Å². The lowest BCUT2D eigenvalue weighted by Gasteiger charge is -2.11. The summed E-state index contributed by atoms with van der Waals surface area (Å²) in [5.74, 6) is -0.369. The quantitative estimate of drug-likeness (QED) is 0.653. The van der Waals surface area contributed by atoms with Crippen LogP contribution in [0.15, 0.2) is 24.4 Å². The van der Waals surface area contributed by atoms with Crippen molar-refractivity contribution >= 4 is 28.4 Å². The van der Waals surface area contributed by atoms with Gasteiger partial charge in [0.15, 0.2) is 0 Å². The van der Waals surface area contributed by atoms with E-state index in [0.717, 1.165) is 30.3 Å². The molecule has 1 fully saturated rings. The monoisotopic (exact) mass is 287 g/mol. The van der Waals surface area contributed by atoms with E-state index in [1.165, 1.54) is 0 Å². The van der Waals surface area contributed by atoms with E-state index in [1.807, 2.05) is 6.07 Å². The summed E-state index contributed by atoms with van der Waals surface area (Å²) in [6.07, 6.45) is 3.54. The molecule has 7 heteroatoms. The fourth-order valence-electron chi connectivity index (χ4n) is 2.42. The van der Waals surface area contributed by atoms with Crippen LogP contribution in [0.25, 0.3) is 10.9 Å². The Bertz CT molecular complexity index is 660. The van der Waals surface area contributed by atoms with E-state index < -0.39 is 0 Å². The van der Waals surface area contributed by atoms with Crippen LogP contribution in [-0.2, 0) is 9.59 Å². The van der Waals surface area contributed by atoms with Crippen molar-refractivity contribution < 1.29 is 9.59 Å². The Morgan fingerprint density at radius 2 is 2.29 bits per heavy atom. The average molecular weight is 287 g/mol. The van der Waals surface area contributed by atoms with Crippen LogP contribution in [0.1, 0.15) is 12.8 Å². The molecule has 1 aromatic carbocycles. The molecule has 0 spiro atoms. The number of fused-ring (bicyclic) bond motifs is 1. The summed E-state index contributed by atoms with van der Waals surface area (Å²) >= 11 is 0. The number of anilines is 1. The minimum atomic E-state index is -0.250. The standard InChI is InChI=1S/C14H17N5O2/c20-13(8-16-14(21)11-2-1-5-15-11)18-10-4-3-9-7-17-19-12(9)6-10/h3-4,6-7,11,15H,1-2,5,8H2,(H,16,21)(H,17,19)(H,18,20). The topological polar surface area (TPSA) is 98.9 Å². The maximum Gasteiger partial charge on any atom is 0.243 e. The van der Waals surface area contributed by atoms with Gasteiger partial charge < -0.3 is 16.0 Å². The number of aromatic amines is 1. The molecule has 4 N–H and O–H groups in total. The molecule has 2 aromatic rings. The van der Waals surface area contributed by atoms with E-state index in [4.69, 9.17) is 0 Å². The number of hydrogen-bond donors (Lipinski definition) is 4. The number of carbonyl (C=O) groups excluding carboxylic acids is 2. The molecule has 0 radical (unpaired) electrons. The largest absolute Gasteiger partial charge is 0.346 e. The van der Waals surface area contributed by atoms with Crippen molar-refractivity contribution in [3.05, 3.63) is 24.4 Å². The van der Waals surface area contributed by atoms with Crippen molar-refractivity contribution in [1.82, 2.24) is 20.8 Å². The van der Waals surface area contributed by atoms with Gasteiger partial charge in [-0.3, -0.25) is 14.7 Å². The number of nitrogens with one attached hydrogen (secondary N) is 4. The number of rotatable bonds is 4. The van der Waals surface area contributed by atoms with Crippen LogP contribution in [0.4, 0.5) is 5.69 Å². The highest BCUT2D eigenvalue weighted by Gasteiger charge is 2.21. The van der Waals surface area contributed by atoms with Gasteiger partial charge in [0.1, 0.15) is 0 Å². The van der Waals surface area contributed by atoms with Crippen LogP contribution in [0.2, 0.25) is 0 Å². The fraction of sp³-hybridized carbons (Fsp3) is 0.357. The summed E-state index contributed by atoms with van der Waals surface area (Å²) in [6, 6.07) is 5.31. The van der Waals surface area contributed by atoms with E-state index in [1.54, 1.807) is 18.3 Å². The number of amides is 2. The Morgan fingerprint density at radius 1 is 1.38 bits per heavy atom. The number of hydrogen-bond acceptors (Lipinski definition) is 4. The van der Waals surface area contributed by atoms with Crippen LogP contribution >= 0.6 is 0 Å². The second kappa shape index (κ2) is 5.92. The van der Waals surface area contributed by atoms with Crippen molar-refractivity contribution in [1.29, 1.82) is 0 Å². The summed E-state index contributed by atoms with van der Waals surface area (Å²) in [5, 5.41) is 16.2. The Balaban J connectivity index is 1.52. The molecule has 1 aliphatic rings. The first-order chi connectivity index (χ1) is 10.2. The van der Waals surface area contributed by atoms with Crippen LogP contribution < -0.4 is 16.0 Å². The van der Waals surface area contributed by atoms with Crippen molar-refractivity contribution in [2.45, 2.75) is 18.9 Å². The smallest absolute Gasteiger partial charge is 0.243 e. The van der Waals surface area contributed by atoms with Crippen molar-refractivity contribution in [2.75, 3.05) is 18.4 Å². The van der Waals surface area contributed by atoms with E-state index in [0.29, 0.717) is 5.69 Å². The zero-order valence-electron chi connectivity index (χ0n) is 11.5. The summed E-state index contributed by atoms with van der Waals surface area (Å²) in [5.41, 5.74) is 1.52. The zero-order chi connectivity index (χ0) is 14.7. The molecule has 1 unspecified atom stereocenters. The lowest BCUT2D eigenvalue weighted by Crippen LogP contribution is -2.43. The lowest BCUT2D eigenvalue weighted by molar-refractivity contribution is -0.125. The van der Waals surface area contributed by atoms with Crippen LogP contribution in [0.5, 0.6) is 0 Å².